The predicted octanol–water partition coefficient (Wildman–Crippen LogP) is 2.84. The van der Waals surface area contributed by atoms with Crippen molar-refractivity contribution in [3.63, 3.8) is 0 Å². The predicted molar refractivity (Wildman–Crippen MR) is 59.3 cm³/mol. The third kappa shape index (κ3) is 1.93. The lowest BCUT2D eigenvalue weighted by Gasteiger charge is -2.04. The molecule has 0 N–H and O–H groups in total. The van der Waals surface area contributed by atoms with E-state index in [9.17, 15) is 0 Å². The number of halogens is 3. The van der Waals surface area contributed by atoms with E-state index < -0.39 is 0 Å². The zero-order chi connectivity index (χ0) is 11.0. The van der Waals surface area contributed by atoms with Crippen LogP contribution in [-0.2, 0) is 7.05 Å². The molecule has 78 valence electrons. The molecule has 2 heterocycles. The van der Waals surface area contributed by atoms with Crippen LogP contribution in [0.5, 0.6) is 0 Å². The van der Waals surface area contributed by atoms with Crippen molar-refractivity contribution in [1.29, 1.82) is 0 Å². The molecule has 7 heteroatoms. The topological polar surface area (TPSA) is 43.6 Å². The molecule has 0 aromatic carbocycles. The molecule has 15 heavy (non-hydrogen) atoms. The summed E-state index contributed by atoms with van der Waals surface area (Å²) in [4.78, 5) is 4.08. The van der Waals surface area contributed by atoms with Crippen molar-refractivity contribution < 1.29 is 0 Å². The van der Waals surface area contributed by atoms with Crippen LogP contribution in [0.3, 0.4) is 0 Å². The molecule has 0 atom stereocenters. The average Bonchev–Trinajstić information content (AvgIpc) is 2.58. The first-order valence-electron chi connectivity index (χ1n) is 3.96. The van der Waals surface area contributed by atoms with Crippen LogP contribution in [-0.4, -0.2) is 20.0 Å². The number of pyridine rings is 1. The number of hydrogen-bond acceptors (Lipinski definition) is 3. The second kappa shape index (κ2) is 3.96. The van der Waals surface area contributed by atoms with Gasteiger partial charge in [0.15, 0.2) is 0 Å². The molecule has 2 rings (SSSR count). The first kappa shape index (κ1) is 10.7. The van der Waals surface area contributed by atoms with Crippen LogP contribution in [0.2, 0.25) is 15.2 Å². The quantitative estimate of drug-likeness (QED) is 0.743. The molecule has 0 bridgehead atoms. The molecule has 0 saturated heterocycles. The van der Waals surface area contributed by atoms with Gasteiger partial charge in [-0.3, -0.25) is 0 Å². The molecule has 0 amide bonds. The maximum atomic E-state index is 5.99. The Hall–Kier alpha value is -0.840. The SMILES string of the molecule is Cn1nncc1-c1nc(Cl)c(Cl)cc1Cl. The van der Waals surface area contributed by atoms with Crippen molar-refractivity contribution in [2.45, 2.75) is 0 Å². The number of rotatable bonds is 1. The summed E-state index contributed by atoms with van der Waals surface area (Å²) in [5, 5.41) is 8.45. The van der Waals surface area contributed by atoms with E-state index in [-0.39, 0.29) is 5.15 Å². The summed E-state index contributed by atoms with van der Waals surface area (Å²) in [5.41, 5.74) is 1.19. The second-order valence-electron chi connectivity index (χ2n) is 2.83. The maximum absolute atomic E-state index is 5.99. The zero-order valence-electron chi connectivity index (χ0n) is 7.58. The minimum absolute atomic E-state index is 0.206. The Morgan fingerprint density at radius 2 is 1.93 bits per heavy atom. The van der Waals surface area contributed by atoms with Crippen molar-refractivity contribution in [3.05, 3.63) is 27.5 Å². The Morgan fingerprint density at radius 3 is 2.53 bits per heavy atom. The van der Waals surface area contributed by atoms with E-state index >= 15 is 0 Å². The highest BCUT2D eigenvalue weighted by molar-refractivity contribution is 6.42. The summed E-state index contributed by atoms with van der Waals surface area (Å²) >= 11 is 17.6. The van der Waals surface area contributed by atoms with Gasteiger partial charge >= 0.3 is 0 Å². The lowest BCUT2D eigenvalue weighted by molar-refractivity contribution is 0.719. The third-order valence-corrected chi connectivity index (χ3v) is 2.80. The molecule has 0 radical (unpaired) electrons. The molecule has 0 saturated carbocycles. The standard InChI is InChI=1S/C8H5Cl3N4/c1-15-6(3-12-14-15)7-4(9)2-5(10)8(11)13-7/h2-3H,1H3. The maximum Gasteiger partial charge on any atom is 0.148 e. The second-order valence-corrected chi connectivity index (χ2v) is 4.01. The number of aromatic nitrogens is 4. The molecule has 0 aliphatic carbocycles. The van der Waals surface area contributed by atoms with Gasteiger partial charge in [0, 0.05) is 7.05 Å². The highest BCUT2D eigenvalue weighted by atomic mass is 35.5. The van der Waals surface area contributed by atoms with E-state index in [1.54, 1.807) is 24.0 Å². The average molecular weight is 264 g/mol. The molecular weight excluding hydrogens is 258 g/mol. The van der Waals surface area contributed by atoms with Gasteiger partial charge < -0.3 is 0 Å². The van der Waals surface area contributed by atoms with Gasteiger partial charge in [0.05, 0.1) is 16.2 Å². The lowest BCUT2D eigenvalue weighted by Crippen LogP contribution is -1.96. The summed E-state index contributed by atoms with van der Waals surface area (Å²) in [6.45, 7) is 0. The highest BCUT2D eigenvalue weighted by Gasteiger charge is 2.13. The van der Waals surface area contributed by atoms with Gasteiger partial charge in [0.1, 0.15) is 16.5 Å². The molecule has 0 aliphatic heterocycles. The van der Waals surface area contributed by atoms with Gasteiger partial charge in [-0.25, -0.2) is 9.67 Å². The van der Waals surface area contributed by atoms with Crippen molar-refractivity contribution >= 4 is 34.8 Å². The van der Waals surface area contributed by atoms with Gasteiger partial charge in [0.25, 0.3) is 0 Å². The molecule has 0 aliphatic rings. The fourth-order valence-electron chi connectivity index (χ4n) is 1.13. The van der Waals surface area contributed by atoms with E-state index in [1.807, 2.05) is 0 Å². The molecule has 0 spiro atoms. The van der Waals surface area contributed by atoms with Gasteiger partial charge in [0.2, 0.25) is 0 Å². The number of nitrogens with zero attached hydrogens (tertiary/aromatic N) is 4. The minimum atomic E-state index is 0.206. The van der Waals surface area contributed by atoms with Crippen molar-refractivity contribution in [2.24, 2.45) is 7.05 Å². The van der Waals surface area contributed by atoms with Crippen LogP contribution in [0.25, 0.3) is 11.4 Å². The van der Waals surface area contributed by atoms with Crippen molar-refractivity contribution in [1.82, 2.24) is 20.0 Å². The molecule has 0 fully saturated rings. The summed E-state index contributed by atoms with van der Waals surface area (Å²) in [6, 6.07) is 1.54. The molecule has 4 nitrogen and oxygen atoms in total. The Kier molecular flexibility index (Phi) is 2.82. The first-order valence-corrected chi connectivity index (χ1v) is 5.09. The Labute approximate surface area is 101 Å². The summed E-state index contributed by atoms with van der Waals surface area (Å²) < 4.78 is 1.55. The van der Waals surface area contributed by atoms with Crippen LogP contribution >= 0.6 is 34.8 Å². The number of aryl methyl sites for hydroxylation is 1. The fourth-order valence-corrected chi connectivity index (χ4v) is 1.72. The van der Waals surface area contributed by atoms with Crippen molar-refractivity contribution in [3.8, 4) is 11.4 Å². The van der Waals surface area contributed by atoms with Gasteiger partial charge in [-0.15, -0.1) is 5.10 Å². The van der Waals surface area contributed by atoms with Crippen LogP contribution in [0.1, 0.15) is 0 Å². The van der Waals surface area contributed by atoms with Crippen molar-refractivity contribution in [2.75, 3.05) is 0 Å². The molecule has 2 aromatic rings. The van der Waals surface area contributed by atoms with E-state index in [4.69, 9.17) is 34.8 Å². The van der Waals surface area contributed by atoms with E-state index in [2.05, 4.69) is 15.3 Å². The monoisotopic (exact) mass is 262 g/mol. The van der Waals surface area contributed by atoms with Crippen LogP contribution in [0, 0.1) is 0 Å². The first-order chi connectivity index (χ1) is 7.09. The normalized spacial score (nSPS) is 10.7. The molecular formula is C8H5Cl3N4. The zero-order valence-corrected chi connectivity index (χ0v) is 9.85. The highest BCUT2D eigenvalue weighted by Crippen LogP contribution is 2.31. The van der Waals surface area contributed by atoms with Crippen LogP contribution < -0.4 is 0 Å². The lowest BCUT2D eigenvalue weighted by atomic mass is 10.3. The largest absolute Gasteiger partial charge is 0.246 e. The fraction of sp³-hybridized carbons (Fsp3) is 0.125. The Morgan fingerprint density at radius 1 is 1.20 bits per heavy atom. The van der Waals surface area contributed by atoms with Gasteiger partial charge in [-0.05, 0) is 6.07 Å². The van der Waals surface area contributed by atoms with E-state index in [0.29, 0.717) is 21.4 Å². The summed E-state index contributed by atoms with van der Waals surface area (Å²) in [5.74, 6) is 0. The third-order valence-electron chi connectivity index (χ3n) is 1.84. The Balaban J connectivity index is 2.64. The molecule has 0 unspecified atom stereocenters. The molecule has 2 aromatic heterocycles. The van der Waals surface area contributed by atoms with Crippen LogP contribution in [0.4, 0.5) is 0 Å². The Bertz CT molecular complexity index is 509. The van der Waals surface area contributed by atoms with Crippen LogP contribution in [0.15, 0.2) is 12.3 Å². The smallest absolute Gasteiger partial charge is 0.148 e. The van der Waals surface area contributed by atoms with E-state index in [1.165, 1.54) is 0 Å². The van der Waals surface area contributed by atoms with E-state index in [0.717, 1.165) is 0 Å². The summed E-state index contributed by atoms with van der Waals surface area (Å²) in [7, 11) is 1.74. The minimum Gasteiger partial charge on any atom is -0.246 e. The number of hydrogen-bond donors (Lipinski definition) is 0. The summed E-state index contributed by atoms with van der Waals surface area (Å²) in [6.07, 6.45) is 1.55. The van der Waals surface area contributed by atoms with Gasteiger partial charge in [-0.1, -0.05) is 40.0 Å². The van der Waals surface area contributed by atoms with Gasteiger partial charge in [-0.2, -0.15) is 0 Å².